The lowest BCUT2D eigenvalue weighted by Crippen LogP contribution is -2.13. The van der Waals surface area contributed by atoms with Gasteiger partial charge in [-0.3, -0.25) is 4.72 Å². The third-order valence-corrected chi connectivity index (χ3v) is 4.77. The zero-order valence-electron chi connectivity index (χ0n) is 13.0. The standard InChI is InChI=1S/C15H15N5O3S/c1-10-8-13(6-7-14(10)23-2)24(21,22)18-12-5-3-4-11(9-12)15-16-19-20-17-15/h3-9,18H,1-2H3,(H,16,17,19,20). The molecule has 124 valence electrons. The van der Waals surface area contributed by atoms with Gasteiger partial charge in [0.1, 0.15) is 5.75 Å². The summed E-state index contributed by atoms with van der Waals surface area (Å²) in [6.07, 6.45) is 0. The topological polar surface area (TPSA) is 110 Å². The minimum Gasteiger partial charge on any atom is -0.496 e. The number of aromatic amines is 1. The molecule has 2 aromatic carbocycles. The lowest BCUT2D eigenvalue weighted by atomic mass is 10.2. The summed E-state index contributed by atoms with van der Waals surface area (Å²) in [4.78, 5) is 0.158. The van der Waals surface area contributed by atoms with Crippen LogP contribution in [0.4, 0.5) is 5.69 Å². The summed E-state index contributed by atoms with van der Waals surface area (Å²) >= 11 is 0. The lowest BCUT2D eigenvalue weighted by Gasteiger charge is -2.11. The molecule has 0 aliphatic rings. The zero-order valence-corrected chi connectivity index (χ0v) is 13.8. The number of aromatic nitrogens is 4. The second-order valence-corrected chi connectivity index (χ2v) is 6.74. The van der Waals surface area contributed by atoms with Crippen molar-refractivity contribution in [2.75, 3.05) is 11.8 Å². The van der Waals surface area contributed by atoms with E-state index in [1.165, 1.54) is 13.2 Å². The van der Waals surface area contributed by atoms with Crippen molar-refractivity contribution in [1.29, 1.82) is 0 Å². The third-order valence-electron chi connectivity index (χ3n) is 3.39. The zero-order chi connectivity index (χ0) is 17.2. The Labute approximate surface area is 138 Å². The van der Waals surface area contributed by atoms with Crippen molar-refractivity contribution in [3.8, 4) is 17.1 Å². The molecule has 0 aliphatic carbocycles. The van der Waals surface area contributed by atoms with Crippen LogP contribution < -0.4 is 9.46 Å². The Kier molecular flexibility index (Phi) is 4.17. The number of tetrazole rings is 1. The van der Waals surface area contributed by atoms with E-state index in [4.69, 9.17) is 4.74 Å². The van der Waals surface area contributed by atoms with Crippen LogP contribution in [0.5, 0.6) is 5.75 Å². The van der Waals surface area contributed by atoms with E-state index in [1.807, 2.05) is 0 Å². The average molecular weight is 345 g/mol. The van der Waals surface area contributed by atoms with Gasteiger partial charge < -0.3 is 4.74 Å². The quantitative estimate of drug-likeness (QED) is 0.732. The number of nitrogens with one attached hydrogen (secondary N) is 2. The van der Waals surface area contributed by atoms with Gasteiger partial charge >= 0.3 is 0 Å². The Hall–Kier alpha value is -2.94. The molecular formula is C15H15N5O3S. The molecule has 3 aromatic rings. The van der Waals surface area contributed by atoms with E-state index in [0.717, 1.165) is 5.56 Å². The molecule has 0 atom stereocenters. The second kappa shape index (κ2) is 6.28. The van der Waals surface area contributed by atoms with Gasteiger partial charge in [-0.05, 0) is 48.0 Å². The maximum Gasteiger partial charge on any atom is 0.261 e. The van der Waals surface area contributed by atoms with Crippen LogP contribution in [0.3, 0.4) is 0 Å². The Morgan fingerprint density at radius 1 is 1.17 bits per heavy atom. The van der Waals surface area contributed by atoms with Crippen molar-refractivity contribution in [3.05, 3.63) is 48.0 Å². The first-order valence-corrected chi connectivity index (χ1v) is 8.49. The summed E-state index contributed by atoms with van der Waals surface area (Å²) < 4.78 is 32.8. The van der Waals surface area contributed by atoms with Crippen molar-refractivity contribution < 1.29 is 13.2 Å². The van der Waals surface area contributed by atoms with Crippen molar-refractivity contribution in [2.45, 2.75) is 11.8 Å². The molecule has 0 spiro atoms. The Bertz CT molecular complexity index is 955. The minimum atomic E-state index is -3.72. The van der Waals surface area contributed by atoms with Crippen LogP contribution in [0.25, 0.3) is 11.4 Å². The summed E-state index contributed by atoms with van der Waals surface area (Å²) in [5.41, 5.74) is 1.79. The van der Waals surface area contributed by atoms with Gasteiger partial charge in [-0.15, -0.1) is 10.2 Å². The smallest absolute Gasteiger partial charge is 0.261 e. The SMILES string of the molecule is COc1ccc(S(=O)(=O)Nc2cccc(-c3nn[nH]n3)c2)cc1C. The van der Waals surface area contributed by atoms with E-state index >= 15 is 0 Å². The van der Waals surface area contributed by atoms with E-state index in [1.54, 1.807) is 43.3 Å². The predicted molar refractivity (Wildman–Crippen MR) is 88.2 cm³/mol. The Morgan fingerprint density at radius 2 is 2.00 bits per heavy atom. The first-order valence-electron chi connectivity index (χ1n) is 7.01. The first-order chi connectivity index (χ1) is 11.5. The lowest BCUT2D eigenvalue weighted by molar-refractivity contribution is 0.411. The van der Waals surface area contributed by atoms with Gasteiger partial charge in [0, 0.05) is 11.3 Å². The number of hydrogen-bond acceptors (Lipinski definition) is 6. The van der Waals surface area contributed by atoms with Crippen LogP contribution in [-0.2, 0) is 10.0 Å². The monoisotopic (exact) mass is 345 g/mol. The van der Waals surface area contributed by atoms with Crippen LogP contribution in [0.1, 0.15) is 5.56 Å². The third kappa shape index (κ3) is 3.20. The molecular weight excluding hydrogens is 330 g/mol. The maximum absolute atomic E-state index is 12.5. The molecule has 0 unspecified atom stereocenters. The largest absolute Gasteiger partial charge is 0.496 e. The highest BCUT2D eigenvalue weighted by atomic mass is 32.2. The summed E-state index contributed by atoms with van der Waals surface area (Å²) in [5, 5.41) is 13.6. The molecule has 0 radical (unpaired) electrons. The molecule has 0 saturated carbocycles. The van der Waals surface area contributed by atoms with Crippen LogP contribution >= 0.6 is 0 Å². The van der Waals surface area contributed by atoms with Crippen LogP contribution in [0.15, 0.2) is 47.4 Å². The van der Waals surface area contributed by atoms with Gasteiger partial charge in [0.15, 0.2) is 0 Å². The van der Waals surface area contributed by atoms with Crippen molar-refractivity contribution in [2.24, 2.45) is 0 Å². The van der Waals surface area contributed by atoms with Crippen LogP contribution in [0, 0.1) is 6.92 Å². The normalized spacial score (nSPS) is 11.2. The molecule has 2 N–H and O–H groups in total. The summed E-state index contributed by atoms with van der Waals surface area (Å²) in [6.45, 7) is 1.79. The molecule has 1 heterocycles. The molecule has 1 aromatic heterocycles. The fourth-order valence-corrected chi connectivity index (χ4v) is 3.37. The van der Waals surface area contributed by atoms with Gasteiger partial charge in [-0.2, -0.15) is 5.21 Å². The number of ether oxygens (including phenoxy) is 1. The number of rotatable bonds is 5. The molecule has 0 saturated heterocycles. The molecule has 8 nitrogen and oxygen atoms in total. The highest BCUT2D eigenvalue weighted by Gasteiger charge is 2.16. The second-order valence-electron chi connectivity index (χ2n) is 5.05. The number of methoxy groups -OCH3 is 1. The highest BCUT2D eigenvalue weighted by Crippen LogP contribution is 2.24. The van der Waals surface area contributed by atoms with E-state index in [9.17, 15) is 8.42 Å². The molecule has 3 rings (SSSR count). The first kappa shape index (κ1) is 15.9. The predicted octanol–water partition coefficient (Wildman–Crippen LogP) is 1.98. The molecule has 9 heteroatoms. The molecule has 0 fully saturated rings. The number of aryl methyl sites for hydroxylation is 1. The van der Waals surface area contributed by atoms with E-state index in [2.05, 4.69) is 25.3 Å². The van der Waals surface area contributed by atoms with Crippen LogP contribution in [-0.4, -0.2) is 36.2 Å². The van der Waals surface area contributed by atoms with Crippen LogP contribution in [0.2, 0.25) is 0 Å². The summed E-state index contributed by atoms with van der Waals surface area (Å²) in [7, 11) is -2.18. The Morgan fingerprint density at radius 3 is 2.67 bits per heavy atom. The number of benzene rings is 2. The number of hydrogen-bond donors (Lipinski definition) is 2. The van der Waals surface area contributed by atoms with Gasteiger partial charge in [-0.1, -0.05) is 12.1 Å². The maximum atomic E-state index is 12.5. The number of sulfonamides is 1. The van der Waals surface area contributed by atoms with E-state index in [0.29, 0.717) is 22.8 Å². The number of anilines is 1. The molecule has 24 heavy (non-hydrogen) atoms. The molecule has 0 bridgehead atoms. The van der Waals surface area contributed by atoms with Crippen molar-refractivity contribution in [1.82, 2.24) is 20.6 Å². The highest BCUT2D eigenvalue weighted by molar-refractivity contribution is 7.92. The number of nitrogens with zero attached hydrogens (tertiary/aromatic N) is 3. The van der Waals surface area contributed by atoms with Gasteiger partial charge in [0.25, 0.3) is 10.0 Å². The number of H-pyrrole nitrogens is 1. The molecule has 0 amide bonds. The Balaban J connectivity index is 1.90. The van der Waals surface area contributed by atoms with E-state index in [-0.39, 0.29) is 4.90 Å². The van der Waals surface area contributed by atoms with Gasteiger partial charge in [0.05, 0.1) is 12.0 Å². The fraction of sp³-hybridized carbons (Fsp3) is 0.133. The van der Waals surface area contributed by atoms with Gasteiger partial charge in [0.2, 0.25) is 5.82 Å². The summed E-state index contributed by atoms with van der Waals surface area (Å²) in [5.74, 6) is 1.02. The average Bonchev–Trinajstić information content (AvgIpc) is 3.09. The van der Waals surface area contributed by atoms with Crippen molar-refractivity contribution in [3.63, 3.8) is 0 Å². The van der Waals surface area contributed by atoms with E-state index < -0.39 is 10.0 Å². The molecule has 0 aliphatic heterocycles. The van der Waals surface area contributed by atoms with Gasteiger partial charge in [-0.25, -0.2) is 8.42 Å². The minimum absolute atomic E-state index is 0.158. The summed E-state index contributed by atoms with van der Waals surface area (Å²) in [6, 6.07) is 11.4. The fourth-order valence-electron chi connectivity index (χ4n) is 2.24. The van der Waals surface area contributed by atoms with Crippen molar-refractivity contribution >= 4 is 15.7 Å².